The first-order valence-corrected chi connectivity index (χ1v) is 5.60. The molecule has 0 aromatic heterocycles. The largest absolute Gasteiger partial charge is 0.423 e. The number of para-hydroxylation sites is 1. The quantitative estimate of drug-likeness (QED) is 0.366. The van der Waals surface area contributed by atoms with Crippen molar-refractivity contribution in [1.29, 1.82) is 0 Å². The van der Waals surface area contributed by atoms with Gasteiger partial charge in [0.25, 0.3) is 5.69 Å². The predicted octanol–water partition coefficient (Wildman–Crippen LogP) is 3.12. The number of hydrogen-bond acceptors (Lipinski definition) is 4. The molecule has 0 heterocycles. The monoisotopic (exact) mass is 257 g/mol. The molecule has 19 heavy (non-hydrogen) atoms. The van der Waals surface area contributed by atoms with Crippen molar-refractivity contribution in [2.24, 2.45) is 0 Å². The van der Waals surface area contributed by atoms with Crippen LogP contribution in [0.1, 0.15) is 15.9 Å². The van der Waals surface area contributed by atoms with E-state index < -0.39 is 10.9 Å². The van der Waals surface area contributed by atoms with Gasteiger partial charge in [0.05, 0.1) is 10.5 Å². The number of non-ortho nitro benzene ring substituents is 1. The summed E-state index contributed by atoms with van der Waals surface area (Å²) in [5.74, 6) is -0.169. The van der Waals surface area contributed by atoms with Gasteiger partial charge in [0.15, 0.2) is 0 Å². The van der Waals surface area contributed by atoms with Crippen LogP contribution in [0.2, 0.25) is 0 Å². The van der Waals surface area contributed by atoms with E-state index in [2.05, 4.69) is 0 Å². The number of carbonyl (C=O) groups is 1. The molecule has 0 spiro atoms. The highest BCUT2D eigenvalue weighted by Gasteiger charge is 2.13. The fraction of sp³-hybridized carbons (Fsp3) is 0.0714. The summed E-state index contributed by atoms with van der Waals surface area (Å²) in [4.78, 5) is 22.0. The van der Waals surface area contributed by atoms with Crippen molar-refractivity contribution in [1.82, 2.24) is 0 Å². The number of ether oxygens (including phenoxy) is 1. The highest BCUT2D eigenvalue weighted by Crippen LogP contribution is 2.19. The number of esters is 1. The highest BCUT2D eigenvalue weighted by molar-refractivity contribution is 5.91. The zero-order valence-corrected chi connectivity index (χ0v) is 10.2. The number of nitro benzene ring substituents is 1. The van der Waals surface area contributed by atoms with Crippen LogP contribution in [0.25, 0.3) is 0 Å². The SMILES string of the molecule is Cc1ccccc1OC(=O)c1cccc([N+](=O)[O-])c1. The minimum Gasteiger partial charge on any atom is -0.423 e. The Morgan fingerprint density at radius 3 is 2.58 bits per heavy atom. The van der Waals surface area contributed by atoms with E-state index in [1.54, 1.807) is 12.1 Å². The van der Waals surface area contributed by atoms with Crippen LogP contribution in [0.15, 0.2) is 48.5 Å². The Kier molecular flexibility index (Phi) is 3.56. The molecule has 96 valence electrons. The van der Waals surface area contributed by atoms with Crippen LogP contribution in [-0.4, -0.2) is 10.9 Å². The smallest absolute Gasteiger partial charge is 0.343 e. The van der Waals surface area contributed by atoms with Gasteiger partial charge in [0.1, 0.15) is 5.75 Å². The first-order valence-electron chi connectivity index (χ1n) is 5.60. The lowest BCUT2D eigenvalue weighted by Crippen LogP contribution is -2.09. The number of aryl methyl sites for hydroxylation is 1. The van der Waals surface area contributed by atoms with E-state index in [0.717, 1.165) is 5.56 Å². The van der Waals surface area contributed by atoms with Gasteiger partial charge in [-0.1, -0.05) is 24.3 Å². The zero-order valence-electron chi connectivity index (χ0n) is 10.2. The Balaban J connectivity index is 2.23. The summed E-state index contributed by atoms with van der Waals surface area (Å²) in [5, 5.41) is 10.6. The van der Waals surface area contributed by atoms with Crippen molar-refractivity contribution < 1.29 is 14.5 Å². The molecule has 2 aromatic rings. The minimum atomic E-state index is -0.613. The van der Waals surface area contributed by atoms with E-state index in [1.165, 1.54) is 24.3 Å². The van der Waals surface area contributed by atoms with E-state index >= 15 is 0 Å². The van der Waals surface area contributed by atoms with Gasteiger partial charge in [-0.2, -0.15) is 0 Å². The summed E-state index contributed by atoms with van der Waals surface area (Å²) in [6, 6.07) is 12.5. The van der Waals surface area contributed by atoms with Gasteiger partial charge in [-0.25, -0.2) is 4.79 Å². The molecule has 2 rings (SSSR count). The molecule has 0 aliphatic heterocycles. The topological polar surface area (TPSA) is 69.4 Å². The third-order valence-corrected chi connectivity index (χ3v) is 2.59. The van der Waals surface area contributed by atoms with Gasteiger partial charge in [-0.3, -0.25) is 10.1 Å². The second kappa shape index (κ2) is 5.30. The maximum absolute atomic E-state index is 11.9. The van der Waals surface area contributed by atoms with Crippen LogP contribution in [0.3, 0.4) is 0 Å². The summed E-state index contributed by atoms with van der Waals surface area (Å²) < 4.78 is 5.20. The molecule has 0 saturated carbocycles. The average Bonchev–Trinajstić information content (AvgIpc) is 2.41. The van der Waals surface area contributed by atoms with Crippen molar-refractivity contribution in [3.8, 4) is 5.75 Å². The van der Waals surface area contributed by atoms with Gasteiger partial charge in [0.2, 0.25) is 0 Å². The maximum Gasteiger partial charge on any atom is 0.343 e. The molecule has 0 saturated heterocycles. The summed E-state index contributed by atoms with van der Waals surface area (Å²) >= 11 is 0. The lowest BCUT2D eigenvalue weighted by Gasteiger charge is -2.06. The lowest BCUT2D eigenvalue weighted by molar-refractivity contribution is -0.384. The average molecular weight is 257 g/mol. The van der Waals surface area contributed by atoms with Gasteiger partial charge in [-0.05, 0) is 24.6 Å². The molecule has 0 unspecified atom stereocenters. The number of carbonyl (C=O) groups excluding carboxylic acids is 1. The Labute approximate surface area is 109 Å². The van der Waals surface area contributed by atoms with E-state index in [9.17, 15) is 14.9 Å². The molecule has 0 N–H and O–H groups in total. The lowest BCUT2D eigenvalue weighted by atomic mass is 10.2. The van der Waals surface area contributed by atoms with Crippen LogP contribution >= 0.6 is 0 Å². The fourth-order valence-corrected chi connectivity index (χ4v) is 1.58. The molecule has 0 atom stereocenters. The van der Waals surface area contributed by atoms with Crippen molar-refractivity contribution in [3.05, 3.63) is 69.8 Å². The summed E-state index contributed by atoms with van der Waals surface area (Å²) in [6.07, 6.45) is 0. The van der Waals surface area contributed by atoms with Crippen molar-refractivity contribution in [2.45, 2.75) is 6.92 Å². The second-order valence-electron chi connectivity index (χ2n) is 3.96. The van der Waals surface area contributed by atoms with Crippen LogP contribution in [-0.2, 0) is 0 Å². The summed E-state index contributed by atoms with van der Waals surface area (Å²) in [5.41, 5.74) is 0.831. The van der Waals surface area contributed by atoms with Gasteiger partial charge >= 0.3 is 5.97 Å². The van der Waals surface area contributed by atoms with Gasteiger partial charge in [-0.15, -0.1) is 0 Å². The molecule has 5 nitrogen and oxygen atoms in total. The number of hydrogen-bond donors (Lipinski definition) is 0. The minimum absolute atomic E-state index is 0.140. The van der Waals surface area contributed by atoms with Gasteiger partial charge in [0, 0.05) is 12.1 Å². The number of nitrogens with zero attached hydrogens (tertiary/aromatic N) is 1. The Hall–Kier alpha value is -2.69. The van der Waals surface area contributed by atoms with Crippen molar-refractivity contribution >= 4 is 11.7 Å². The van der Waals surface area contributed by atoms with E-state index in [4.69, 9.17) is 4.74 Å². The standard InChI is InChI=1S/C14H11NO4/c1-10-5-2-3-8-13(10)19-14(16)11-6-4-7-12(9-11)15(17)18/h2-9H,1H3. The van der Waals surface area contributed by atoms with Crippen LogP contribution in [0.4, 0.5) is 5.69 Å². The fourth-order valence-electron chi connectivity index (χ4n) is 1.58. The van der Waals surface area contributed by atoms with Gasteiger partial charge < -0.3 is 4.74 Å². The number of benzene rings is 2. The molecule has 2 aromatic carbocycles. The molecule has 0 aliphatic rings. The molecule has 0 fully saturated rings. The third kappa shape index (κ3) is 2.95. The summed E-state index contributed by atoms with van der Waals surface area (Å²) in [7, 11) is 0. The first kappa shape index (κ1) is 12.8. The molecule has 0 aliphatic carbocycles. The highest BCUT2D eigenvalue weighted by atomic mass is 16.6. The second-order valence-corrected chi connectivity index (χ2v) is 3.96. The first-order chi connectivity index (χ1) is 9.08. The molecular weight excluding hydrogens is 246 g/mol. The molecular formula is C14H11NO4. The van der Waals surface area contributed by atoms with Crippen LogP contribution in [0.5, 0.6) is 5.75 Å². The number of rotatable bonds is 3. The summed E-state index contributed by atoms with van der Waals surface area (Å²) in [6.45, 7) is 1.82. The van der Waals surface area contributed by atoms with E-state index in [0.29, 0.717) is 5.75 Å². The molecule has 5 heteroatoms. The van der Waals surface area contributed by atoms with E-state index in [1.807, 2.05) is 19.1 Å². The molecule has 0 radical (unpaired) electrons. The Morgan fingerprint density at radius 2 is 1.89 bits per heavy atom. The van der Waals surface area contributed by atoms with E-state index in [-0.39, 0.29) is 11.3 Å². The maximum atomic E-state index is 11.9. The Bertz CT molecular complexity index is 637. The normalized spacial score (nSPS) is 9.95. The van der Waals surface area contributed by atoms with Crippen LogP contribution in [0, 0.1) is 17.0 Å². The van der Waals surface area contributed by atoms with Crippen LogP contribution < -0.4 is 4.74 Å². The zero-order chi connectivity index (χ0) is 13.8. The molecule has 0 bridgehead atoms. The third-order valence-electron chi connectivity index (χ3n) is 2.59. The van der Waals surface area contributed by atoms with Crippen molar-refractivity contribution in [3.63, 3.8) is 0 Å². The molecule has 0 amide bonds. The number of nitro groups is 1. The predicted molar refractivity (Wildman–Crippen MR) is 69.2 cm³/mol. The Morgan fingerprint density at radius 1 is 1.16 bits per heavy atom. The van der Waals surface area contributed by atoms with Crippen molar-refractivity contribution in [2.75, 3.05) is 0 Å².